The van der Waals surface area contributed by atoms with E-state index >= 15 is 0 Å². The van der Waals surface area contributed by atoms with Gasteiger partial charge in [0.15, 0.2) is 0 Å². The fourth-order valence-electron chi connectivity index (χ4n) is 1.91. The first-order valence-electron chi connectivity index (χ1n) is 5.98. The Morgan fingerprint density at radius 1 is 1.21 bits per heavy atom. The largest absolute Gasteiger partial charge is 0.370 e. The monoisotopic (exact) mass is 250 g/mol. The second kappa shape index (κ2) is 5.83. The summed E-state index contributed by atoms with van der Waals surface area (Å²) in [6, 6.07) is 17.1. The Morgan fingerprint density at radius 2 is 1.95 bits per heavy atom. The quantitative estimate of drug-likeness (QED) is 0.783. The van der Waals surface area contributed by atoms with Gasteiger partial charge in [0.2, 0.25) is 0 Å². The molecule has 0 bridgehead atoms. The van der Waals surface area contributed by atoms with Crippen molar-refractivity contribution in [2.24, 2.45) is 0 Å². The van der Waals surface area contributed by atoms with E-state index in [1.165, 1.54) is 0 Å². The zero-order valence-corrected chi connectivity index (χ0v) is 10.7. The maximum absolute atomic E-state index is 10.6. The van der Waals surface area contributed by atoms with Gasteiger partial charge in [-0.3, -0.25) is 4.79 Å². The molecule has 0 aromatic heterocycles. The zero-order chi connectivity index (χ0) is 13.7. The summed E-state index contributed by atoms with van der Waals surface area (Å²) in [7, 11) is 1.98. The van der Waals surface area contributed by atoms with Crippen LogP contribution in [0.5, 0.6) is 0 Å². The van der Waals surface area contributed by atoms with Gasteiger partial charge in [-0.2, -0.15) is 5.26 Å². The fourth-order valence-corrected chi connectivity index (χ4v) is 1.91. The summed E-state index contributed by atoms with van der Waals surface area (Å²) in [5, 5.41) is 8.87. The Bertz CT molecular complexity index is 611. The molecular weight excluding hydrogens is 236 g/mol. The van der Waals surface area contributed by atoms with Crippen molar-refractivity contribution in [2.75, 3.05) is 11.9 Å². The first kappa shape index (κ1) is 12.8. The van der Waals surface area contributed by atoms with Gasteiger partial charge in [-0.1, -0.05) is 12.1 Å². The summed E-state index contributed by atoms with van der Waals surface area (Å²) >= 11 is 0. The van der Waals surface area contributed by atoms with E-state index in [-0.39, 0.29) is 0 Å². The van der Waals surface area contributed by atoms with Crippen LogP contribution in [0.4, 0.5) is 5.69 Å². The first-order valence-corrected chi connectivity index (χ1v) is 5.98. The highest BCUT2D eigenvalue weighted by molar-refractivity contribution is 5.75. The lowest BCUT2D eigenvalue weighted by Gasteiger charge is -2.19. The SMILES string of the molecule is CN(Cc1cccc(C#N)c1)c1ccc(C=O)cc1. The predicted octanol–water partition coefficient (Wildman–Crippen LogP) is 3.01. The number of anilines is 1. The van der Waals surface area contributed by atoms with E-state index in [0.717, 1.165) is 24.1 Å². The number of hydrogen-bond acceptors (Lipinski definition) is 3. The minimum atomic E-state index is 0.669. The van der Waals surface area contributed by atoms with Crippen LogP contribution in [0.3, 0.4) is 0 Å². The molecule has 94 valence electrons. The molecule has 0 aliphatic carbocycles. The van der Waals surface area contributed by atoms with E-state index in [0.29, 0.717) is 11.1 Å². The third-order valence-corrected chi connectivity index (χ3v) is 2.95. The second-order valence-corrected chi connectivity index (χ2v) is 4.38. The molecule has 0 unspecified atom stereocenters. The highest BCUT2D eigenvalue weighted by atomic mass is 16.1. The van der Waals surface area contributed by atoms with E-state index < -0.39 is 0 Å². The van der Waals surface area contributed by atoms with Gasteiger partial charge in [-0.05, 0) is 42.0 Å². The number of rotatable bonds is 4. The van der Waals surface area contributed by atoms with Crippen molar-refractivity contribution in [2.45, 2.75) is 6.54 Å². The molecule has 2 aromatic carbocycles. The zero-order valence-electron chi connectivity index (χ0n) is 10.7. The number of carbonyl (C=O) groups excluding carboxylic acids is 1. The van der Waals surface area contributed by atoms with Gasteiger partial charge in [0.1, 0.15) is 6.29 Å². The van der Waals surface area contributed by atoms with Crippen LogP contribution in [-0.4, -0.2) is 13.3 Å². The average molecular weight is 250 g/mol. The predicted molar refractivity (Wildman–Crippen MR) is 75.1 cm³/mol. The molecule has 0 aliphatic heterocycles. The van der Waals surface area contributed by atoms with Crippen molar-refractivity contribution in [3.8, 4) is 6.07 Å². The topological polar surface area (TPSA) is 44.1 Å². The van der Waals surface area contributed by atoms with Crippen LogP contribution < -0.4 is 4.90 Å². The number of nitrogens with zero attached hydrogens (tertiary/aromatic N) is 2. The summed E-state index contributed by atoms with van der Waals surface area (Å²) in [4.78, 5) is 12.7. The standard InChI is InChI=1S/C16H14N2O/c1-18(16-7-5-13(12-19)6-8-16)11-15-4-2-3-14(9-15)10-17/h2-9,12H,11H2,1H3. The smallest absolute Gasteiger partial charge is 0.150 e. The third-order valence-electron chi connectivity index (χ3n) is 2.95. The number of benzene rings is 2. The molecule has 0 aliphatic rings. The molecule has 0 saturated heterocycles. The second-order valence-electron chi connectivity index (χ2n) is 4.38. The number of aldehydes is 1. The molecule has 0 saturated carbocycles. The van der Waals surface area contributed by atoms with Crippen LogP contribution in [0.1, 0.15) is 21.5 Å². The van der Waals surface area contributed by atoms with Crippen LogP contribution in [0.25, 0.3) is 0 Å². The van der Waals surface area contributed by atoms with Crippen molar-refractivity contribution < 1.29 is 4.79 Å². The van der Waals surface area contributed by atoms with Crippen LogP contribution >= 0.6 is 0 Å². The molecule has 0 amide bonds. The summed E-state index contributed by atoms with van der Waals surface area (Å²) in [5.74, 6) is 0. The van der Waals surface area contributed by atoms with Gasteiger partial charge >= 0.3 is 0 Å². The Hall–Kier alpha value is -2.60. The summed E-state index contributed by atoms with van der Waals surface area (Å²) in [5.41, 5.74) is 3.46. The van der Waals surface area contributed by atoms with Crippen LogP contribution in [0.2, 0.25) is 0 Å². The van der Waals surface area contributed by atoms with Gasteiger partial charge in [-0.15, -0.1) is 0 Å². The van der Waals surface area contributed by atoms with Gasteiger partial charge in [0.25, 0.3) is 0 Å². The number of carbonyl (C=O) groups is 1. The maximum atomic E-state index is 10.6. The average Bonchev–Trinajstić information content (AvgIpc) is 2.47. The highest BCUT2D eigenvalue weighted by Crippen LogP contribution is 2.16. The molecule has 0 fully saturated rings. The Morgan fingerprint density at radius 3 is 2.58 bits per heavy atom. The summed E-state index contributed by atoms with van der Waals surface area (Å²) in [6.07, 6.45) is 0.834. The van der Waals surface area contributed by atoms with Crippen LogP contribution in [0, 0.1) is 11.3 Å². The molecule has 0 radical (unpaired) electrons. The molecule has 0 heterocycles. The van der Waals surface area contributed by atoms with Gasteiger partial charge in [-0.25, -0.2) is 0 Å². The fraction of sp³-hybridized carbons (Fsp3) is 0.125. The van der Waals surface area contributed by atoms with Gasteiger partial charge < -0.3 is 4.90 Å². The molecule has 3 nitrogen and oxygen atoms in total. The lowest BCUT2D eigenvalue weighted by molar-refractivity contribution is 0.112. The molecule has 19 heavy (non-hydrogen) atoms. The summed E-state index contributed by atoms with van der Waals surface area (Å²) < 4.78 is 0. The molecule has 2 aromatic rings. The van der Waals surface area contributed by atoms with Crippen molar-refractivity contribution in [1.29, 1.82) is 5.26 Å². The lowest BCUT2D eigenvalue weighted by atomic mass is 10.1. The number of hydrogen-bond donors (Lipinski definition) is 0. The lowest BCUT2D eigenvalue weighted by Crippen LogP contribution is -2.16. The van der Waals surface area contributed by atoms with E-state index in [9.17, 15) is 4.79 Å². The molecule has 3 heteroatoms. The molecular formula is C16H14N2O. The van der Waals surface area contributed by atoms with E-state index in [1.54, 1.807) is 18.2 Å². The normalized spacial score (nSPS) is 9.68. The van der Waals surface area contributed by atoms with Crippen molar-refractivity contribution in [1.82, 2.24) is 0 Å². The van der Waals surface area contributed by atoms with E-state index in [4.69, 9.17) is 5.26 Å². The molecule has 0 spiro atoms. The first-order chi connectivity index (χ1) is 9.22. The van der Waals surface area contributed by atoms with E-state index in [2.05, 4.69) is 11.0 Å². The maximum Gasteiger partial charge on any atom is 0.150 e. The Kier molecular flexibility index (Phi) is 3.94. The molecule has 0 atom stereocenters. The molecule has 0 N–H and O–H groups in total. The minimum absolute atomic E-state index is 0.669. The van der Waals surface area contributed by atoms with Crippen molar-refractivity contribution >= 4 is 12.0 Å². The Labute approximate surface area is 112 Å². The highest BCUT2D eigenvalue weighted by Gasteiger charge is 2.03. The van der Waals surface area contributed by atoms with Gasteiger partial charge in [0, 0.05) is 24.8 Å². The minimum Gasteiger partial charge on any atom is -0.370 e. The van der Waals surface area contributed by atoms with Crippen LogP contribution in [-0.2, 0) is 6.54 Å². The Balaban J connectivity index is 2.13. The number of nitriles is 1. The molecule has 2 rings (SSSR count). The third kappa shape index (κ3) is 3.20. The van der Waals surface area contributed by atoms with Crippen molar-refractivity contribution in [3.05, 3.63) is 65.2 Å². The van der Waals surface area contributed by atoms with E-state index in [1.807, 2.05) is 37.4 Å². The van der Waals surface area contributed by atoms with Crippen molar-refractivity contribution in [3.63, 3.8) is 0 Å². The van der Waals surface area contributed by atoms with Gasteiger partial charge in [0.05, 0.1) is 11.6 Å². The van der Waals surface area contributed by atoms with Crippen LogP contribution in [0.15, 0.2) is 48.5 Å². The summed E-state index contributed by atoms with van der Waals surface area (Å²) in [6.45, 7) is 0.718.